The Morgan fingerprint density at radius 2 is 1.20 bits per heavy atom. The van der Waals surface area contributed by atoms with E-state index in [0.717, 1.165) is 5.92 Å². The summed E-state index contributed by atoms with van der Waals surface area (Å²) >= 11 is 0. The first-order valence-electron chi connectivity index (χ1n) is 7.05. The number of hydrogen-bond acceptors (Lipinski definition) is 1. The van der Waals surface area contributed by atoms with Crippen molar-refractivity contribution in [2.75, 3.05) is 19.6 Å². The second-order valence-corrected chi connectivity index (χ2v) is 3.12. The van der Waals surface area contributed by atoms with Gasteiger partial charge in [-0.25, -0.2) is 0 Å². The molecule has 0 aromatic carbocycles. The lowest BCUT2D eigenvalue weighted by Crippen LogP contribution is -2.32. The van der Waals surface area contributed by atoms with Crippen molar-refractivity contribution in [2.24, 2.45) is 5.92 Å². The van der Waals surface area contributed by atoms with Gasteiger partial charge in [0.2, 0.25) is 0 Å². The first kappa shape index (κ1) is 20.4. The van der Waals surface area contributed by atoms with Gasteiger partial charge in [-0.3, -0.25) is 0 Å². The van der Waals surface area contributed by atoms with Crippen LogP contribution in [-0.2, 0) is 0 Å². The minimum absolute atomic E-state index is 0.979. The number of likely N-dealkylation sites (tertiary alicyclic amines) is 1. The third-order valence-electron chi connectivity index (χ3n) is 2.32. The van der Waals surface area contributed by atoms with Gasteiger partial charge in [0, 0.05) is 0 Å². The topological polar surface area (TPSA) is 3.24 Å². The molecule has 0 N–H and O–H groups in total. The molecule has 1 rings (SSSR count). The van der Waals surface area contributed by atoms with Crippen molar-refractivity contribution < 1.29 is 0 Å². The fourth-order valence-electron chi connectivity index (χ4n) is 1.38. The fourth-order valence-corrected chi connectivity index (χ4v) is 1.38. The van der Waals surface area contributed by atoms with Crippen molar-refractivity contribution in [2.45, 2.75) is 68.2 Å². The van der Waals surface area contributed by atoms with Crippen molar-refractivity contribution in [1.29, 1.82) is 0 Å². The monoisotopic (exact) mass is 217 g/mol. The molecule has 0 radical (unpaired) electrons. The predicted molar refractivity (Wildman–Crippen MR) is 74.6 cm³/mol. The maximum atomic E-state index is 2.53. The Balaban J connectivity index is -0.000000208. The Labute approximate surface area is 99.3 Å². The molecule has 0 saturated carbocycles. The number of nitrogens with zero attached hydrogens (tertiary/aromatic N) is 1. The number of hydrogen-bond donors (Lipinski definition) is 0. The molecule has 1 heteroatoms. The summed E-state index contributed by atoms with van der Waals surface area (Å²) in [7, 11) is 0. The van der Waals surface area contributed by atoms with Crippen LogP contribution in [0.25, 0.3) is 0 Å². The quantitative estimate of drug-likeness (QED) is 0.609. The molecule has 1 nitrogen and oxygen atoms in total. The summed E-state index contributed by atoms with van der Waals surface area (Å²) in [6.45, 7) is 20.5. The van der Waals surface area contributed by atoms with Gasteiger partial charge in [0.25, 0.3) is 0 Å². The predicted octanol–water partition coefficient (Wildman–Crippen LogP) is 4.82. The van der Waals surface area contributed by atoms with Crippen LogP contribution in [0, 0.1) is 5.92 Å². The zero-order valence-electron chi connectivity index (χ0n) is 12.6. The van der Waals surface area contributed by atoms with Gasteiger partial charge in [0.15, 0.2) is 0 Å². The van der Waals surface area contributed by atoms with Crippen LogP contribution in [0.3, 0.4) is 0 Å². The van der Waals surface area contributed by atoms with Crippen LogP contribution in [0.4, 0.5) is 0 Å². The molecule has 1 aliphatic heterocycles. The molecule has 0 aliphatic carbocycles. The minimum Gasteiger partial charge on any atom is -0.304 e. The smallest absolute Gasteiger partial charge is 0.00163 e. The second kappa shape index (κ2) is 19.5. The molecule has 15 heavy (non-hydrogen) atoms. The number of piperidine rings is 1. The molecule has 0 aromatic heterocycles. The van der Waals surface area contributed by atoms with Crippen molar-refractivity contribution >= 4 is 0 Å². The Morgan fingerprint density at radius 3 is 1.47 bits per heavy atom. The third-order valence-corrected chi connectivity index (χ3v) is 2.32. The van der Waals surface area contributed by atoms with Gasteiger partial charge in [0.1, 0.15) is 0 Å². The van der Waals surface area contributed by atoms with E-state index >= 15 is 0 Å². The molecule has 1 saturated heterocycles. The van der Waals surface area contributed by atoms with Crippen LogP contribution in [0.15, 0.2) is 0 Å². The molecular formula is C14H35N. The molecule has 0 unspecified atom stereocenters. The molecule has 0 atom stereocenters. The van der Waals surface area contributed by atoms with E-state index in [-0.39, 0.29) is 0 Å². The molecule has 96 valence electrons. The maximum Gasteiger partial charge on any atom is -0.00163 e. The normalized spacial score (nSPS) is 16.0. The SMILES string of the molecule is CC.CC.CC.CCN1CCC(C)CC1. The lowest BCUT2D eigenvalue weighted by Gasteiger charge is -2.28. The first-order valence-corrected chi connectivity index (χ1v) is 7.05. The van der Waals surface area contributed by atoms with Crippen LogP contribution in [0.2, 0.25) is 0 Å². The van der Waals surface area contributed by atoms with Crippen LogP contribution in [0.5, 0.6) is 0 Å². The van der Waals surface area contributed by atoms with Crippen molar-refractivity contribution in [3.63, 3.8) is 0 Å². The summed E-state index contributed by atoms with van der Waals surface area (Å²) in [4.78, 5) is 2.53. The molecular weight excluding hydrogens is 182 g/mol. The summed E-state index contributed by atoms with van der Waals surface area (Å²) in [6.07, 6.45) is 2.82. The van der Waals surface area contributed by atoms with E-state index in [4.69, 9.17) is 0 Å². The standard InChI is InChI=1S/C8H17N.3C2H6/c1-3-9-6-4-8(2)5-7-9;3*1-2/h8H,3-7H2,1-2H3;3*1-2H3. The molecule has 1 heterocycles. The van der Waals surface area contributed by atoms with Crippen molar-refractivity contribution in [1.82, 2.24) is 4.90 Å². The van der Waals surface area contributed by atoms with Gasteiger partial charge < -0.3 is 4.90 Å². The summed E-state index contributed by atoms with van der Waals surface area (Å²) in [5.74, 6) is 0.979. The van der Waals surface area contributed by atoms with E-state index in [2.05, 4.69) is 18.7 Å². The van der Waals surface area contributed by atoms with E-state index in [1.54, 1.807) is 0 Å². The van der Waals surface area contributed by atoms with Crippen molar-refractivity contribution in [3.8, 4) is 0 Å². The minimum atomic E-state index is 0.979. The average molecular weight is 217 g/mol. The first-order chi connectivity index (χ1) is 7.33. The lowest BCUT2D eigenvalue weighted by molar-refractivity contribution is 0.201. The van der Waals surface area contributed by atoms with Gasteiger partial charge in [-0.05, 0) is 38.4 Å². The van der Waals surface area contributed by atoms with Gasteiger partial charge in [-0.2, -0.15) is 0 Å². The van der Waals surface area contributed by atoms with Crippen LogP contribution < -0.4 is 0 Å². The lowest BCUT2D eigenvalue weighted by atomic mass is 9.99. The Morgan fingerprint density at radius 1 is 0.867 bits per heavy atom. The average Bonchev–Trinajstić information content (AvgIpc) is 2.38. The van der Waals surface area contributed by atoms with E-state index in [0.29, 0.717) is 0 Å². The molecule has 0 bridgehead atoms. The highest BCUT2D eigenvalue weighted by molar-refractivity contribution is 4.67. The van der Waals surface area contributed by atoms with Crippen LogP contribution in [-0.4, -0.2) is 24.5 Å². The highest BCUT2D eigenvalue weighted by Crippen LogP contribution is 2.14. The zero-order valence-corrected chi connectivity index (χ0v) is 12.6. The molecule has 1 aliphatic rings. The molecule has 0 aromatic rings. The highest BCUT2D eigenvalue weighted by atomic mass is 15.1. The molecule has 0 spiro atoms. The Hall–Kier alpha value is -0.0400. The van der Waals surface area contributed by atoms with Gasteiger partial charge in [-0.15, -0.1) is 0 Å². The Bertz CT molecular complexity index is 73.4. The summed E-state index contributed by atoms with van der Waals surface area (Å²) in [5, 5.41) is 0. The largest absolute Gasteiger partial charge is 0.304 e. The van der Waals surface area contributed by atoms with Gasteiger partial charge >= 0.3 is 0 Å². The number of rotatable bonds is 1. The van der Waals surface area contributed by atoms with Gasteiger partial charge in [-0.1, -0.05) is 55.4 Å². The van der Waals surface area contributed by atoms with E-state index in [9.17, 15) is 0 Å². The summed E-state index contributed by atoms with van der Waals surface area (Å²) < 4.78 is 0. The molecule has 0 amide bonds. The highest BCUT2D eigenvalue weighted by Gasteiger charge is 2.12. The van der Waals surface area contributed by atoms with Crippen molar-refractivity contribution in [3.05, 3.63) is 0 Å². The van der Waals surface area contributed by atoms with Gasteiger partial charge in [0.05, 0.1) is 0 Å². The summed E-state index contributed by atoms with van der Waals surface area (Å²) in [5.41, 5.74) is 0. The maximum absolute atomic E-state index is 2.53. The third kappa shape index (κ3) is 14.0. The van der Waals surface area contributed by atoms with E-state index in [1.165, 1.54) is 32.5 Å². The Kier molecular flexibility index (Phi) is 26.5. The zero-order chi connectivity index (χ0) is 12.7. The van der Waals surface area contributed by atoms with E-state index < -0.39 is 0 Å². The summed E-state index contributed by atoms with van der Waals surface area (Å²) in [6, 6.07) is 0. The fraction of sp³-hybridized carbons (Fsp3) is 1.00. The second-order valence-electron chi connectivity index (χ2n) is 3.12. The van der Waals surface area contributed by atoms with Crippen LogP contribution in [0.1, 0.15) is 68.2 Å². The van der Waals surface area contributed by atoms with Crippen LogP contribution >= 0.6 is 0 Å². The van der Waals surface area contributed by atoms with E-state index in [1.807, 2.05) is 41.5 Å². The molecule has 1 fully saturated rings.